The molecule has 1 aromatic rings. The maximum absolute atomic E-state index is 12.0. The molecule has 1 aliphatic rings. The van der Waals surface area contributed by atoms with Crippen LogP contribution < -0.4 is 10.6 Å². The molecule has 2 rings (SSSR count). The fourth-order valence-corrected chi connectivity index (χ4v) is 3.17. The minimum atomic E-state index is -0.482. The van der Waals surface area contributed by atoms with E-state index in [4.69, 9.17) is 4.74 Å². The summed E-state index contributed by atoms with van der Waals surface area (Å²) in [6.45, 7) is 12.5. The second-order valence-electron chi connectivity index (χ2n) is 8.85. The van der Waals surface area contributed by atoms with Crippen molar-refractivity contribution in [2.45, 2.75) is 84.4 Å². The predicted octanol–water partition coefficient (Wildman–Crippen LogP) is 4.52. The van der Waals surface area contributed by atoms with Crippen LogP contribution in [0.2, 0.25) is 0 Å². The summed E-state index contributed by atoms with van der Waals surface area (Å²) >= 11 is 0. The quantitative estimate of drug-likeness (QED) is 0.824. The number of nitrogens with one attached hydrogen (secondary N) is 2. The van der Waals surface area contributed by atoms with Gasteiger partial charge in [-0.25, -0.2) is 4.79 Å². The number of carbonyl (C=O) groups is 1. The van der Waals surface area contributed by atoms with Crippen LogP contribution in [0.1, 0.15) is 77.1 Å². The lowest BCUT2D eigenvalue weighted by Gasteiger charge is -2.30. The van der Waals surface area contributed by atoms with Crippen molar-refractivity contribution >= 4 is 6.09 Å². The molecule has 0 saturated heterocycles. The Morgan fingerprint density at radius 2 is 1.76 bits per heavy atom. The number of amides is 1. The normalized spacial score (nSPS) is 16.1. The molecule has 0 bridgehead atoms. The zero-order valence-corrected chi connectivity index (χ0v) is 16.7. The van der Waals surface area contributed by atoms with E-state index in [9.17, 15) is 4.79 Å². The van der Waals surface area contributed by atoms with Gasteiger partial charge < -0.3 is 15.4 Å². The first-order valence-electron chi connectivity index (χ1n) is 9.42. The Hall–Kier alpha value is -1.55. The van der Waals surface area contributed by atoms with E-state index in [2.05, 4.69) is 35.8 Å². The fraction of sp³-hybridized carbons (Fsp3) is 0.667. The van der Waals surface area contributed by atoms with E-state index in [-0.39, 0.29) is 17.7 Å². The molecule has 0 aliphatic heterocycles. The molecule has 1 unspecified atom stereocenters. The number of hydrogen-bond donors (Lipinski definition) is 2. The number of ether oxygens (including phenoxy) is 1. The van der Waals surface area contributed by atoms with Crippen molar-refractivity contribution in [2.75, 3.05) is 6.54 Å². The molecule has 1 aromatic carbocycles. The van der Waals surface area contributed by atoms with Crippen molar-refractivity contribution in [3.05, 3.63) is 34.9 Å². The highest BCUT2D eigenvalue weighted by Crippen LogP contribution is 2.25. The summed E-state index contributed by atoms with van der Waals surface area (Å²) in [5.41, 5.74) is 3.46. The van der Waals surface area contributed by atoms with E-state index in [1.807, 2.05) is 34.6 Å². The Morgan fingerprint density at radius 3 is 2.40 bits per heavy atom. The maximum atomic E-state index is 12.0. The number of carbonyl (C=O) groups excluding carboxylic acids is 1. The summed E-state index contributed by atoms with van der Waals surface area (Å²) in [5.74, 6) is 0. The molecular formula is C21H34N2O2. The number of benzene rings is 1. The third kappa shape index (κ3) is 6.35. The van der Waals surface area contributed by atoms with E-state index in [1.54, 1.807) is 0 Å². The first kappa shape index (κ1) is 19.8. The van der Waals surface area contributed by atoms with Gasteiger partial charge in [0.05, 0.1) is 5.54 Å². The Bertz CT molecular complexity index is 602. The summed E-state index contributed by atoms with van der Waals surface area (Å²) in [6, 6.07) is 7.11. The Kier molecular flexibility index (Phi) is 6.15. The minimum absolute atomic E-state index is 0.243. The van der Waals surface area contributed by atoms with E-state index in [0.29, 0.717) is 6.54 Å². The van der Waals surface area contributed by atoms with Crippen molar-refractivity contribution < 1.29 is 9.53 Å². The highest BCUT2D eigenvalue weighted by atomic mass is 16.6. The van der Waals surface area contributed by atoms with Gasteiger partial charge in [-0.2, -0.15) is 0 Å². The van der Waals surface area contributed by atoms with Crippen molar-refractivity contribution in [1.29, 1.82) is 0 Å². The van der Waals surface area contributed by atoms with Gasteiger partial charge in [0.15, 0.2) is 0 Å². The predicted molar refractivity (Wildman–Crippen MR) is 103 cm³/mol. The van der Waals surface area contributed by atoms with Crippen LogP contribution in [0.4, 0.5) is 4.79 Å². The van der Waals surface area contributed by atoms with Crippen LogP contribution in [0.15, 0.2) is 18.2 Å². The van der Waals surface area contributed by atoms with Gasteiger partial charge in [-0.1, -0.05) is 18.2 Å². The largest absolute Gasteiger partial charge is 0.444 e. The lowest BCUT2D eigenvalue weighted by molar-refractivity contribution is 0.0471. The summed E-state index contributed by atoms with van der Waals surface area (Å²) in [5, 5.41) is 6.49. The highest BCUT2D eigenvalue weighted by molar-refractivity contribution is 5.68. The number of alkyl carbamates (subject to hydrolysis) is 1. The summed E-state index contributed by atoms with van der Waals surface area (Å²) in [7, 11) is 0. The van der Waals surface area contributed by atoms with Crippen molar-refractivity contribution in [2.24, 2.45) is 0 Å². The SMILES string of the molecule is CC(NCC(C)(C)NC(=O)OC(C)(C)C)c1ccc2c(c1)CCCC2. The molecule has 140 valence electrons. The Balaban J connectivity index is 1.90. The molecule has 2 N–H and O–H groups in total. The number of aryl methyl sites for hydroxylation is 2. The molecule has 0 fully saturated rings. The smallest absolute Gasteiger partial charge is 0.408 e. The zero-order valence-electron chi connectivity index (χ0n) is 16.7. The van der Waals surface area contributed by atoms with Crippen LogP contribution in [0, 0.1) is 0 Å². The van der Waals surface area contributed by atoms with Crippen LogP contribution >= 0.6 is 0 Å². The van der Waals surface area contributed by atoms with E-state index >= 15 is 0 Å². The molecular weight excluding hydrogens is 312 g/mol. The standard InChI is InChI=1S/C21H34N2O2/c1-15(17-12-11-16-9-7-8-10-18(16)13-17)22-14-21(5,6)23-19(24)25-20(2,3)4/h11-13,15,22H,7-10,14H2,1-6H3,(H,23,24). The van der Waals surface area contributed by atoms with Gasteiger partial charge in [0.2, 0.25) is 0 Å². The monoisotopic (exact) mass is 346 g/mol. The maximum Gasteiger partial charge on any atom is 0.408 e. The molecule has 4 nitrogen and oxygen atoms in total. The number of hydrogen-bond acceptors (Lipinski definition) is 3. The van der Waals surface area contributed by atoms with Crippen LogP contribution in [-0.2, 0) is 17.6 Å². The molecule has 4 heteroatoms. The molecule has 0 heterocycles. The summed E-state index contributed by atoms with van der Waals surface area (Å²) < 4.78 is 5.35. The first-order chi connectivity index (χ1) is 11.6. The second-order valence-corrected chi connectivity index (χ2v) is 8.85. The van der Waals surface area contributed by atoms with Gasteiger partial charge >= 0.3 is 6.09 Å². The molecule has 0 aromatic heterocycles. The van der Waals surface area contributed by atoms with Crippen molar-refractivity contribution in [3.63, 3.8) is 0 Å². The number of rotatable bonds is 5. The Morgan fingerprint density at radius 1 is 1.12 bits per heavy atom. The molecule has 0 spiro atoms. The molecule has 1 atom stereocenters. The van der Waals surface area contributed by atoms with E-state index in [1.165, 1.54) is 42.4 Å². The van der Waals surface area contributed by atoms with Crippen LogP contribution in [0.25, 0.3) is 0 Å². The molecule has 1 amide bonds. The van der Waals surface area contributed by atoms with Gasteiger partial charge in [0, 0.05) is 12.6 Å². The average molecular weight is 347 g/mol. The van der Waals surface area contributed by atoms with Gasteiger partial charge in [0.1, 0.15) is 5.60 Å². The minimum Gasteiger partial charge on any atom is -0.444 e. The van der Waals surface area contributed by atoms with Crippen molar-refractivity contribution in [1.82, 2.24) is 10.6 Å². The number of fused-ring (bicyclic) bond motifs is 1. The fourth-order valence-electron chi connectivity index (χ4n) is 3.17. The third-order valence-corrected chi connectivity index (χ3v) is 4.56. The zero-order chi connectivity index (χ0) is 18.7. The van der Waals surface area contributed by atoms with E-state index < -0.39 is 5.60 Å². The molecule has 1 aliphatic carbocycles. The van der Waals surface area contributed by atoms with E-state index in [0.717, 1.165) is 0 Å². The molecule has 25 heavy (non-hydrogen) atoms. The van der Waals surface area contributed by atoms with Crippen LogP contribution in [0.5, 0.6) is 0 Å². The summed E-state index contributed by atoms with van der Waals surface area (Å²) in [4.78, 5) is 12.0. The van der Waals surface area contributed by atoms with Crippen LogP contribution in [0.3, 0.4) is 0 Å². The second kappa shape index (κ2) is 7.77. The highest BCUT2D eigenvalue weighted by Gasteiger charge is 2.25. The lowest BCUT2D eigenvalue weighted by atomic mass is 9.89. The third-order valence-electron chi connectivity index (χ3n) is 4.56. The Labute approximate surface area is 152 Å². The lowest BCUT2D eigenvalue weighted by Crippen LogP contribution is -2.51. The van der Waals surface area contributed by atoms with Crippen molar-refractivity contribution in [3.8, 4) is 0 Å². The van der Waals surface area contributed by atoms with Gasteiger partial charge in [-0.3, -0.25) is 0 Å². The van der Waals surface area contributed by atoms with Gasteiger partial charge in [-0.05, 0) is 83.9 Å². The first-order valence-corrected chi connectivity index (χ1v) is 9.42. The topological polar surface area (TPSA) is 50.4 Å². The van der Waals surface area contributed by atoms with Crippen LogP contribution in [-0.4, -0.2) is 23.8 Å². The molecule has 0 radical (unpaired) electrons. The average Bonchev–Trinajstić information content (AvgIpc) is 2.49. The van der Waals surface area contributed by atoms with Gasteiger partial charge in [0.25, 0.3) is 0 Å². The summed E-state index contributed by atoms with van der Waals surface area (Å²) in [6.07, 6.45) is 4.64. The van der Waals surface area contributed by atoms with Gasteiger partial charge in [-0.15, -0.1) is 0 Å². The molecule has 0 saturated carbocycles.